The number of carbonyl (C=O) groups excluding carboxylic acids is 1. The molecule has 0 bridgehead atoms. The lowest BCUT2D eigenvalue weighted by Crippen LogP contribution is -2.52. The van der Waals surface area contributed by atoms with Crippen molar-refractivity contribution in [3.63, 3.8) is 0 Å². The van der Waals surface area contributed by atoms with Gasteiger partial charge in [0.2, 0.25) is 11.8 Å². The summed E-state index contributed by atoms with van der Waals surface area (Å²) >= 11 is 0. The van der Waals surface area contributed by atoms with Gasteiger partial charge in [0.15, 0.2) is 22.6 Å². The Kier molecular flexibility index (Phi) is 5.79. The van der Waals surface area contributed by atoms with Crippen molar-refractivity contribution in [1.29, 1.82) is 0 Å². The number of fused-ring (bicyclic) bond motifs is 3. The number of nitrogen functional groups attached to an aromatic ring is 1. The molecule has 4 N–H and O–H groups in total. The molecule has 0 saturated heterocycles. The number of aromatic nitrogens is 6. The van der Waals surface area contributed by atoms with Gasteiger partial charge in [-0.15, -0.1) is 5.10 Å². The van der Waals surface area contributed by atoms with Crippen molar-refractivity contribution in [3.8, 4) is 17.3 Å². The van der Waals surface area contributed by atoms with E-state index in [2.05, 4.69) is 25.5 Å². The molecule has 0 spiro atoms. The van der Waals surface area contributed by atoms with Crippen LogP contribution in [0.15, 0.2) is 53.3 Å². The zero-order valence-electron chi connectivity index (χ0n) is 22.0. The fraction of sp³-hybridized carbons (Fsp3) is 0.370. The van der Waals surface area contributed by atoms with Crippen molar-refractivity contribution in [1.82, 2.24) is 34.7 Å². The smallest absolute Gasteiger partial charge is 0.252 e. The number of amides is 1. The number of aliphatic hydroxyl groups is 1. The molecule has 1 unspecified atom stereocenters. The second kappa shape index (κ2) is 9.09. The SMILES string of the molecule is COc1ccccc1C(C)(C(=O)NC1CCC(C)(O)CC1)n1ncc2c1nc(N)n1nc(-c3ccco3)nc21. The van der Waals surface area contributed by atoms with Crippen LogP contribution in [0.4, 0.5) is 5.95 Å². The standard InChI is InChI=1S/C27H30N8O4/c1-26(37)12-10-16(11-13-26)30-24(36)27(2,18-7-4-5-8-19(18)38-3)35-23-17(15-29-35)22-31-21(20-9-6-14-39-20)33-34(22)25(28)32-23/h4-9,14-16,37H,10-13H2,1-3H3,(H2,28,32)(H,30,36). The summed E-state index contributed by atoms with van der Waals surface area (Å²) in [5.41, 5.74) is 5.67. The maximum Gasteiger partial charge on any atom is 0.252 e. The fourth-order valence-electron chi connectivity index (χ4n) is 5.34. The van der Waals surface area contributed by atoms with Crippen LogP contribution < -0.4 is 15.8 Å². The number of rotatable bonds is 6. The number of ether oxygens (including phenoxy) is 1. The number of hydrogen-bond donors (Lipinski definition) is 3. The zero-order chi connectivity index (χ0) is 27.4. The number of nitrogens with zero attached hydrogens (tertiary/aromatic N) is 6. The van der Waals surface area contributed by atoms with Crippen LogP contribution in [-0.2, 0) is 10.3 Å². The van der Waals surface area contributed by atoms with Crippen LogP contribution in [0.2, 0.25) is 0 Å². The predicted molar refractivity (Wildman–Crippen MR) is 143 cm³/mol. The molecule has 1 atom stereocenters. The number of carbonyl (C=O) groups is 1. The third-order valence-electron chi connectivity index (χ3n) is 7.67. The van der Waals surface area contributed by atoms with Crippen molar-refractivity contribution in [2.45, 2.75) is 56.7 Å². The Balaban J connectivity index is 1.50. The maximum absolute atomic E-state index is 14.2. The van der Waals surface area contributed by atoms with Crippen LogP contribution in [0.5, 0.6) is 5.75 Å². The second-order valence-electron chi connectivity index (χ2n) is 10.4. The first-order valence-corrected chi connectivity index (χ1v) is 12.8. The van der Waals surface area contributed by atoms with Gasteiger partial charge in [0.1, 0.15) is 5.75 Å². The van der Waals surface area contributed by atoms with E-state index < -0.39 is 11.1 Å². The van der Waals surface area contributed by atoms with Crippen molar-refractivity contribution in [3.05, 3.63) is 54.4 Å². The van der Waals surface area contributed by atoms with E-state index >= 15 is 0 Å². The van der Waals surface area contributed by atoms with E-state index in [-0.39, 0.29) is 17.9 Å². The lowest BCUT2D eigenvalue weighted by atomic mass is 9.83. The quantitative estimate of drug-likeness (QED) is 0.300. The number of furan rings is 1. The van der Waals surface area contributed by atoms with Crippen LogP contribution in [0, 0.1) is 0 Å². The van der Waals surface area contributed by atoms with Crippen LogP contribution in [0.1, 0.15) is 45.1 Å². The summed E-state index contributed by atoms with van der Waals surface area (Å²) in [4.78, 5) is 23.5. The van der Waals surface area contributed by atoms with E-state index in [9.17, 15) is 9.90 Å². The van der Waals surface area contributed by atoms with Crippen molar-refractivity contribution in [2.24, 2.45) is 0 Å². The van der Waals surface area contributed by atoms with Crippen molar-refractivity contribution >= 4 is 28.5 Å². The van der Waals surface area contributed by atoms with Crippen LogP contribution in [0.3, 0.4) is 0 Å². The second-order valence-corrected chi connectivity index (χ2v) is 10.4. The number of para-hydroxylation sites is 1. The molecule has 0 radical (unpaired) electrons. The normalized spacial score (nSPS) is 21.2. The summed E-state index contributed by atoms with van der Waals surface area (Å²) in [5.74, 6) is 1.18. The molecular weight excluding hydrogens is 500 g/mol. The third kappa shape index (κ3) is 4.07. The lowest BCUT2D eigenvalue weighted by molar-refractivity contribution is -0.129. The predicted octanol–water partition coefficient (Wildman–Crippen LogP) is 2.90. The number of hydrogen-bond acceptors (Lipinski definition) is 9. The van der Waals surface area contributed by atoms with Gasteiger partial charge in [-0.1, -0.05) is 18.2 Å². The van der Waals surface area contributed by atoms with Crippen molar-refractivity contribution in [2.75, 3.05) is 12.8 Å². The Morgan fingerprint density at radius 2 is 1.97 bits per heavy atom. The van der Waals surface area contributed by atoms with Crippen molar-refractivity contribution < 1.29 is 19.1 Å². The van der Waals surface area contributed by atoms with Gasteiger partial charge in [0, 0.05) is 11.6 Å². The first-order valence-electron chi connectivity index (χ1n) is 12.8. The summed E-state index contributed by atoms with van der Waals surface area (Å²) < 4.78 is 14.1. The van der Waals surface area contributed by atoms with E-state index in [1.54, 1.807) is 49.4 Å². The lowest BCUT2D eigenvalue weighted by Gasteiger charge is -2.36. The Hall–Kier alpha value is -4.45. The number of nitrogens with two attached hydrogens (primary N) is 1. The molecule has 4 heterocycles. The molecule has 1 amide bonds. The summed E-state index contributed by atoms with van der Waals surface area (Å²) in [6, 6.07) is 10.8. The Morgan fingerprint density at radius 1 is 1.21 bits per heavy atom. The average molecular weight is 531 g/mol. The van der Waals surface area contributed by atoms with Crippen LogP contribution in [0.25, 0.3) is 28.3 Å². The minimum Gasteiger partial charge on any atom is -0.496 e. The van der Waals surface area contributed by atoms with E-state index in [4.69, 9.17) is 14.9 Å². The maximum atomic E-state index is 14.2. The first-order chi connectivity index (χ1) is 18.7. The largest absolute Gasteiger partial charge is 0.496 e. The Labute approximate surface area is 223 Å². The van der Waals surface area contributed by atoms with Gasteiger partial charge in [-0.05, 0) is 57.7 Å². The fourth-order valence-corrected chi connectivity index (χ4v) is 5.34. The molecule has 1 aromatic carbocycles. The molecule has 1 saturated carbocycles. The molecule has 5 aromatic rings. The molecule has 202 valence electrons. The average Bonchev–Trinajstić information content (AvgIpc) is 3.69. The molecular formula is C27H30N8O4. The number of nitrogens with one attached hydrogen (secondary N) is 1. The summed E-state index contributed by atoms with van der Waals surface area (Å²) in [5, 5.41) is 23.3. The zero-order valence-corrected chi connectivity index (χ0v) is 22.0. The highest BCUT2D eigenvalue weighted by Crippen LogP contribution is 2.37. The Morgan fingerprint density at radius 3 is 2.69 bits per heavy atom. The number of benzene rings is 1. The Bertz CT molecular complexity index is 1660. The highest BCUT2D eigenvalue weighted by atomic mass is 16.5. The third-order valence-corrected chi connectivity index (χ3v) is 7.67. The van der Waals surface area contributed by atoms with Gasteiger partial charge >= 0.3 is 0 Å². The van der Waals surface area contributed by atoms with E-state index in [0.717, 1.165) is 0 Å². The van der Waals surface area contributed by atoms with Gasteiger partial charge in [0.25, 0.3) is 5.91 Å². The van der Waals surface area contributed by atoms with Gasteiger partial charge in [-0.3, -0.25) is 4.79 Å². The van der Waals surface area contributed by atoms with Gasteiger partial charge in [0.05, 0.1) is 30.6 Å². The molecule has 1 aliphatic carbocycles. The molecule has 12 heteroatoms. The van der Waals surface area contributed by atoms with E-state index in [0.29, 0.717) is 65.3 Å². The molecule has 4 aromatic heterocycles. The molecule has 39 heavy (non-hydrogen) atoms. The van der Waals surface area contributed by atoms with Crippen LogP contribution >= 0.6 is 0 Å². The number of methoxy groups -OCH3 is 1. The monoisotopic (exact) mass is 530 g/mol. The van der Waals surface area contributed by atoms with E-state index in [1.807, 2.05) is 25.1 Å². The summed E-state index contributed by atoms with van der Waals surface area (Å²) in [6.07, 6.45) is 5.70. The summed E-state index contributed by atoms with van der Waals surface area (Å²) in [6.45, 7) is 3.62. The topological polar surface area (TPSA) is 159 Å². The highest BCUT2D eigenvalue weighted by Gasteiger charge is 2.43. The van der Waals surface area contributed by atoms with Crippen LogP contribution in [-0.4, -0.2) is 59.1 Å². The van der Waals surface area contributed by atoms with E-state index in [1.165, 1.54) is 4.52 Å². The molecule has 1 aliphatic rings. The molecule has 1 fully saturated rings. The molecule has 0 aliphatic heterocycles. The first kappa shape index (κ1) is 24.9. The van der Waals surface area contributed by atoms with Gasteiger partial charge in [-0.2, -0.15) is 14.6 Å². The minimum atomic E-state index is -1.37. The van der Waals surface area contributed by atoms with Gasteiger partial charge < -0.3 is 25.3 Å². The molecule has 6 rings (SSSR count). The highest BCUT2D eigenvalue weighted by molar-refractivity contribution is 5.94. The summed E-state index contributed by atoms with van der Waals surface area (Å²) in [7, 11) is 1.56. The number of anilines is 1. The minimum absolute atomic E-state index is 0.0850. The molecule has 12 nitrogen and oxygen atoms in total. The van der Waals surface area contributed by atoms with Gasteiger partial charge in [-0.25, -0.2) is 9.67 Å².